The van der Waals surface area contributed by atoms with E-state index < -0.39 is 12.2 Å². The topological polar surface area (TPSA) is 79.4 Å². The first-order valence-corrected chi connectivity index (χ1v) is 9.21. The summed E-state index contributed by atoms with van der Waals surface area (Å²) < 4.78 is 43.7. The number of carbonyl (C=O) groups excluding carboxylic acids is 1. The summed E-state index contributed by atoms with van der Waals surface area (Å²) in [6, 6.07) is 7.22. The number of carbonyl (C=O) groups is 1. The molecular formula is C19H22F3N5O2. The smallest absolute Gasteiger partial charge is 0.408 e. The number of amides is 2. The van der Waals surface area contributed by atoms with Crippen LogP contribution in [0.1, 0.15) is 18.2 Å². The van der Waals surface area contributed by atoms with Crippen LogP contribution in [-0.2, 0) is 13.0 Å². The van der Waals surface area contributed by atoms with E-state index in [9.17, 15) is 18.0 Å². The van der Waals surface area contributed by atoms with Gasteiger partial charge in [-0.3, -0.25) is 0 Å². The standard InChI is InChI=1S/C19H22F3N5O2/c1-13(19(20,21)22)25-17-24-11-14-7-9-27(12-16(14)26-17)18(28)23-8-10-29-15-5-3-2-4-6-15/h2-6,11,13H,7-10,12H2,1H3,(H,23,28)(H,24,25,26)/t13-/m0/s1. The van der Waals surface area contributed by atoms with Crippen molar-refractivity contribution in [2.75, 3.05) is 25.0 Å². The summed E-state index contributed by atoms with van der Waals surface area (Å²) in [4.78, 5) is 22.0. The molecule has 1 aliphatic rings. The van der Waals surface area contributed by atoms with Crippen LogP contribution in [0.15, 0.2) is 36.5 Å². The molecule has 10 heteroatoms. The van der Waals surface area contributed by atoms with Gasteiger partial charge in [0.25, 0.3) is 0 Å². The predicted octanol–water partition coefficient (Wildman–Crippen LogP) is 2.99. The first-order chi connectivity index (χ1) is 13.8. The lowest BCUT2D eigenvalue weighted by Gasteiger charge is -2.28. The van der Waals surface area contributed by atoms with Crippen molar-refractivity contribution in [1.29, 1.82) is 0 Å². The zero-order valence-corrected chi connectivity index (χ0v) is 15.9. The number of halogens is 3. The summed E-state index contributed by atoms with van der Waals surface area (Å²) in [7, 11) is 0. The summed E-state index contributed by atoms with van der Waals surface area (Å²) in [5, 5.41) is 5.02. The van der Waals surface area contributed by atoms with Crippen LogP contribution in [0.25, 0.3) is 0 Å². The number of nitrogens with one attached hydrogen (secondary N) is 2. The number of benzene rings is 1. The Balaban J connectivity index is 1.51. The largest absolute Gasteiger partial charge is 0.492 e. The second kappa shape index (κ2) is 8.97. The third-order valence-corrected chi connectivity index (χ3v) is 4.46. The van der Waals surface area contributed by atoms with E-state index in [0.717, 1.165) is 18.2 Å². The summed E-state index contributed by atoms with van der Waals surface area (Å²) in [6.45, 7) is 2.34. The number of fused-ring (bicyclic) bond motifs is 1. The number of ether oxygens (including phenoxy) is 1. The highest BCUT2D eigenvalue weighted by molar-refractivity contribution is 5.74. The van der Waals surface area contributed by atoms with Crippen molar-refractivity contribution in [2.24, 2.45) is 0 Å². The molecule has 2 heterocycles. The lowest BCUT2D eigenvalue weighted by atomic mass is 10.1. The molecule has 0 fully saturated rings. The fraction of sp³-hybridized carbons (Fsp3) is 0.421. The van der Waals surface area contributed by atoms with E-state index in [2.05, 4.69) is 20.6 Å². The first kappa shape index (κ1) is 20.7. The maximum absolute atomic E-state index is 12.7. The molecule has 1 aromatic carbocycles. The average Bonchev–Trinajstić information content (AvgIpc) is 2.70. The molecule has 3 rings (SSSR count). The third kappa shape index (κ3) is 5.72. The lowest BCUT2D eigenvalue weighted by molar-refractivity contribution is -0.138. The minimum absolute atomic E-state index is 0.105. The van der Waals surface area contributed by atoms with Crippen LogP contribution in [0.5, 0.6) is 5.75 Å². The van der Waals surface area contributed by atoms with Gasteiger partial charge in [-0.05, 0) is 31.0 Å². The molecule has 1 atom stereocenters. The normalized spacial score (nSPS) is 14.7. The van der Waals surface area contributed by atoms with Gasteiger partial charge in [-0.2, -0.15) is 13.2 Å². The molecule has 0 radical (unpaired) electrons. The van der Waals surface area contributed by atoms with E-state index in [0.29, 0.717) is 31.8 Å². The molecule has 2 N–H and O–H groups in total. The quantitative estimate of drug-likeness (QED) is 0.717. The van der Waals surface area contributed by atoms with E-state index >= 15 is 0 Å². The maximum Gasteiger partial charge on any atom is 0.408 e. The number of hydrogen-bond acceptors (Lipinski definition) is 5. The monoisotopic (exact) mass is 409 g/mol. The Morgan fingerprint density at radius 1 is 1.31 bits per heavy atom. The zero-order chi connectivity index (χ0) is 20.9. The molecule has 1 aromatic heterocycles. The molecule has 0 unspecified atom stereocenters. The number of urea groups is 1. The Bertz CT molecular complexity index is 832. The summed E-state index contributed by atoms with van der Waals surface area (Å²) in [5.41, 5.74) is 1.37. The van der Waals surface area contributed by atoms with Gasteiger partial charge in [-0.25, -0.2) is 14.8 Å². The number of rotatable bonds is 6. The SMILES string of the molecule is C[C@H](Nc1ncc2c(n1)CN(C(=O)NCCOc1ccccc1)CC2)C(F)(F)F. The predicted molar refractivity (Wildman–Crippen MR) is 101 cm³/mol. The van der Waals surface area contributed by atoms with Crippen LogP contribution in [0.2, 0.25) is 0 Å². The highest BCUT2D eigenvalue weighted by atomic mass is 19.4. The van der Waals surface area contributed by atoms with Crippen LogP contribution < -0.4 is 15.4 Å². The van der Waals surface area contributed by atoms with Crippen LogP contribution in [0.3, 0.4) is 0 Å². The average molecular weight is 409 g/mol. The van der Waals surface area contributed by atoms with E-state index in [4.69, 9.17) is 4.74 Å². The molecule has 2 aromatic rings. The van der Waals surface area contributed by atoms with E-state index in [1.54, 1.807) is 4.90 Å². The number of hydrogen-bond donors (Lipinski definition) is 2. The Morgan fingerprint density at radius 3 is 2.79 bits per heavy atom. The van der Waals surface area contributed by atoms with Crippen molar-refractivity contribution < 1.29 is 22.7 Å². The van der Waals surface area contributed by atoms with Crippen molar-refractivity contribution in [1.82, 2.24) is 20.2 Å². The van der Waals surface area contributed by atoms with Crippen molar-refractivity contribution in [3.8, 4) is 5.75 Å². The Morgan fingerprint density at radius 2 is 2.07 bits per heavy atom. The highest BCUT2D eigenvalue weighted by Gasteiger charge is 2.36. The molecule has 0 saturated carbocycles. The molecule has 29 heavy (non-hydrogen) atoms. The number of alkyl halides is 3. The summed E-state index contributed by atoms with van der Waals surface area (Å²) in [5.74, 6) is 0.616. The molecule has 156 valence electrons. The third-order valence-electron chi connectivity index (χ3n) is 4.46. The van der Waals surface area contributed by atoms with Crippen LogP contribution in [0, 0.1) is 0 Å². The van der Waals surface area contributed by atoms with Crippen molar-refractivity contribution in [3.05, 3.63) is 47.8 Å². The minimum Gasteiger partial charge on any atom is -0.492 e. The lowest BCUT2D eigenvalue weighted by Crippen LogP contribution is -2.44. The van der Waals surface area contributed by atoms with Gasteiger partial charge in [0.05, 0.1) is 18.8 Å². The van der Waals surface area contributed by atoms with Gasteiger partial charge in [-0.15, -0.1) is 0 Å². The molecule has 2 amide bonds. The molecule has 1 aliphatic heterocycles. The Labute approximate surface area is 166 Å². The summed E-state index contributed by atoms with van der Waals surface area (Å²) in [6.07, 6.45) is -2.35. The van der Waals surface area contributed by atoms with Crippen molar-refractivity contribution >= 4 is 12.0 Å². The van der Waals surface area contributed by atoms with E-state index in [1.807, 2.05) is 30.3 Å². The zero-order valence-electron chi connectivity index (χ0n) is 15.9. The maximum atomic E-state index is 12.7. The van der Waals surface area contributed by atoms with Gasteiger partial charge < -0.3 is 20.3 Å². The Hall–Kier alpha value is -3.04. The fourth-order valence-electron chi connectivity index (χ4n) is 2.78. The first-order valence-electron chi connectivity index (χ1n) is 9.21. The van der Waals surface area contributed by atoms with Gasteiger partial charge in [0, 0.05) is 12.7 Å². The molecule has 0 bridgehead atoms. The number of para-hydroxylation sites is 1. The van der Waals surface area contributed by atoms with E-state index in [1.165, 1.54) is 6.20 Å². The molecule has 0 aliphatic carbocycles. The molecule has 7 nitrogen and oxygen atoms in total. The van der Waals surface area contributed by atoms with Crippen molar-refractivity contribution in [3.63, 3.8) is 0 Å². The van der Waals surface area contributed by atoms with Gasteiger partial charge in [0.1, 0.15) is 18.4 Å². The van der Waals surface area contributed by atoms with Crippen LogP contribution in [0.4, 0.5) is 23.9 Å². The van der Waals surface area contributed by atoms with Gasteiger partial charge >= 0.3 is 12.2 Å². The molecule has 0 saturated heterocycles. The Kier molecular flexibility index (Phi) is 6.40. The van der Waals surface area contributed by atoms with Gasteiger partial charge in [0.15, 0.2) is 0 Å². The molecule has 0 spiro atoms. The number of nitrogens with zero attached hydrogens (tertiary/aromatic N) is 3. The molecular weight excluding hydrogens is 387 g/mol. The highest BCUT2D eigenvalue weighted by Crippen LogP contribution is 2.23. The number of anilines is 1. The van der Waals surface area contributed by atoms with E-state index in [-0.39, 0.29) is 18.5 Å². The second-order valence-corrected chi connectivity index (χ2v) is 6.64. The van der Waals surface area contributed by atoms with Gasteiger partial charge in [0.2, 0.25) is 5.95 Å². The fourth-order valence-corrected chi connectivity index (χ4v) is 2.78. The summed E-state index contributed by atoms with van der Waals surface area (Å²) >= 11 is 0. The van der Waals surface area contributed by atoms with Crippen molar-refractivity contribution in [2.45, 2.75) is 32.1 Å². The van der Waals surface area contributed by atoms with Crippen LogP contribution in [-0.4, -0.2) is 52.8 Å². The minimum atomic E-state index is -4.40. The van der Waals surface area contributed by atoms with Gasteiger partial charge in [-0.1, -0.05) is 18.2 Å². The van der Waals surface area contributed by atoms with Crippen LogP contribution >= 0.6 is 0 Å². The number of aromatic nitrogens is 2. The second-order valence-electron chi connectivity index (χ2n) is 6.64.